The highest BCUT2D eigenvalue weighted by molar-refractivity contribution is 5.69. The van der Waals surface area contributed by atoms with Crippen molar-refractivity contribution in [3.8, 4) is 0 Å². The minimum Gasteiger partial charge on any atom is -0.463 e. The molecule has 0 spiro atoms. The molecule has 0 radical (unpaired) electrons. The van der Waals surface area contributed by atoms with Gasteiger partial charge in [0.05, 0.1) is 19.3 Å². The lowest BCUT2D eigenvalue weighted by atomic mass is 10.1. The first-order valence-electron chi connectivity index (χ1n) is 5.23. The highest BCUT2D eigenvalue weighted by Gasteiger charge is 2.24. The third kappa shape index (κ3) is 4.07. The van der Waals surface area contributed by atoms with Gasteiger partial charge in [0.1, 0.15) is 12.7 Å². The molecule has 4 heteroatoms. The van der Waals surface area contributed by atoms with Crippen LogP contribution in [0.25, 0.3) is 0 Å². The predicted octanol–water partition coefficient (Wildman–Crippen LogP) is 0.888. The van der Waals surface area contributed by atoms with Gasteiger partial charge in [0, 0.05) is 6.42 Å². The summed E-state index contributed by atoms with van der Waals surface area (Å²) in [5.74, 6) is -0.0998. The van der Waals surface area contributed by atoms with Crippen molar-refractivity contribution in [3.05, 3.63) is 0 Å². The van der Waals surface area contributed by atoms with Crippen molar-refractivity contribution in [3.63, 3.8) is 0 Å². The number of hydrogen-bond donors (Lipinski definition) is 0. The molecule has 0 aromatic carbocycles. The summed E-state index contributed by atoms with van der Waals surface area (Å²) in [5.41, 5.74) is 0. The molecule has 0 aliphatic carbocycles. The van der Waals surface area contributed by atoms with Crippen molar-refractivity contribution >= 4 is 5.97 Å². The SMILES string of the molecule is O=C(CCCCC1CO1)OCC1CO1. The topological polar surface area (TPSA) is 51.4 Å². The molecule has 2 unspecified atom stereocenters. The van der Waals surface area contributed by atoms with E-state index in [-0.39, 0.29) is 12.1 Å². The zero-order valence-electron chi connectivity index (χ0n) is 8.24. The Labute approximate surface area is 83.5 Å². The first-order chi connectivity index (χ1) is 6.84. The summed E-state index contributed by atoms with van der Waals surface area (Å²) in [6.45, 7) is 2.08. The van der Waals surface area contributed by atoms with Crippen LogP contribution in [0.1, 0.15) is 25.7 Å². The second-order valence-corrected chi connectivity index (χ2v) is 3.84. The molecule has 2 aliphatic heterocycles. The number of esters is 1. The molecular weight excluding hydrogens is 184 g/mol. The van der Waals surface area contributed by atoms with Gasteiger partial charge in [0.15, 0.2) is 0 Å². The lowest BCUT2D eigenvalue weighted by molar-refractivity contribution is -0.144. The summed E-state index contributed by atoms with van der Waals surface area (Å²) in [7, 11) is 0. The van der Waals surface area contributed by atoms with E-state index in [1.165, 1.54) is 0 Å². The van der Waals surface area contributed by atoms with Gasteiger partial charge in [-0.3, -0.25) is 4.79 Å². The van der Waals surface area contributed by atoms with Crippen LogP contribution in [0.2, 0.25) is 0 Å². The van der Waals surface area contributed by atoms with Gasteiger partial charge in [-0.15, -0.1) is 0 Å². The first kappa shape index (κ1) is 9.93. The molecule has 14 heavy (non-hydrogen) atoms. The number of epoxide rings is 2. The molecule has 2 atom stereocenters. The van der Waals surface area contributed by atoms with Crippen LogP contribution in [-0.2, 0) is 19.0 Å². The second kappa shape index (κ2) is 4.75. The molecule has 0 aromatic rings. The fourth-order valence-electron chi connectivity index (χ4n) is 1.30. The largest absolute Gasteiger partial charge is 0.463 e. The van der Waals surface area contributed by atoms with E-state index in [9.17, 15) is 4.79 Å². The molecule has 0 amide bonds. The van der Waals surface area contributed by atoms with Gasteiger partial charge in [0.25, 0.3) is 0 Å². The lowest BCUT2D eigenvalue weighted by Gasteiger charge is -2.01. The normalized spacial score (nSPS) is 28.6. The van der Waals surface area contributed by atoms with E-state index in [1.807, 2.05) is 0 Å². The molecule has 4 nitrogen and oxygen atoms in total. The van der Waals surface area contributed by atoms with Crippen molar-refractivity contribution in [2.24, 2.45) is 0 Å². The zero-order valence-corrected chi connectivity index (χ0v) is 8.24. The Bertz CT molecular complexity index is 196. The Morgan fingerprint density at radius 3 is 2.57 bits per heavy atom. The van der Waals surface area contributed by atoms with Crippen LogP contribution in [0, 0.1) is 0 Å². The average Bonchev–Trinajstić information content (AvgIpc) is 3.02. The van der Waals surface area contributed by atoms with Crippen molar-refractivity contribution in [2.75, 3.05) is 19.8 Å². The summed E-state index contributed by atoms with van der Waals surface area (Å²) < 4.78 is 15.0. The molecule has 80 valence electrons. The average molecular weight is 200 g/mol. The molecule has 0 saturated carbocycles. The maximum absolute atomic E-state index is 11.1. The van der Waals surface area contributed by atoms with Crippen LogP contribution in [0.5, 0.6) is 0 Å². The third-order valence-electron chi connectivity index (χ3n) is 2.39. The molecule has 2 saturated heterocycles. The minimum atomic E-state index is -0.0998. The van der Waals surface area contributed by atoms with E-state index >= 15 is 0 Å². The van der Waals surface area contributed by atoms with Gasteiger partial charge >= 0.3 is 5.97 Å². The first-order valence-corrected chi connectivity index (χ1v) is 5.23. The van der Waals surface area contributed by atoms with Gasteiger partial charge in [0.2, 0.25) is 0 Å². The van der Waals surface area contributed by atoms with Gasteiger partial charge in [-0.2, -0.15) is 0 Å². The quantitative estimate of drug-likeness (QED) is 0.348. The Morgan fingerprint density at radius 2 is 1.93 bits per heavy atom. The van der Waals surface area contributed by atoms with Gasteiger partial charge in [-0.25, -0.2) is 0 Å². The Morgan fingerprint density at radius 1 is 1.21 bits per heavy atom. The Hall–Kier alpha value is -0.610. The lowest BCUT2D eigenvalue weighted by Crippen LogP contribution is -2.09. The highest BCUT2D eigenvalue weighted by Crippen LogP contribution is 2.17. The summed E-state index contributed by atoms with van der Waals surface area (Å²) in [4.78, 5) is 11.1. The number of ether oxygens (including phenoxy) is 3. The van der Waals surface area contributed by atoms with Crippen molar-refractivity contribution in [1.82, 2.24) is 0 Å². The molecular formula is C10H16O4. The highest BCUT2D eigenvalue weighted by atomic mass is 16.6. The van der Waals surface area contributed by atoms with E-state index in [0.717, 1.165) is 32.5 Å². The number of rotatable bonds is 7. The van der Waals surface area contributed by atoms with Crippen LogP contribution in [0.4, 0.5) is 0 Å². The summed E-state index contributed by atoms with van der Waals surface area (Å²) >= 11 is 0. The zero-order chi connectivity index (χ0) is 9.80. The fourth-order valence-corrected chi connectivity index (χ4v) is 1.30. The molecule has 0 aromatic heterocycles. The maximum atomic E-state index is 11.1. The maximum Gasteiger partial charge on any atom is 0.305 e. The summed E-state index contributed by atoms with van der Waals surface area (Å²) in [6.07, 6.45) is 4.23. The van der Waals surface area contributed by atoms with Crippen molar-refractivity contribution in [2.45, 2.75) is 37.9 Å². The summed E-state index contributed by atoms with van der Waals surface area (Å²) in [5, 5.41) is 0. The van der Waals surface area contributed by atoms with E-state index in [4.69, 9.17) is 14.2 Å². The monoisotopic (exact) mass is 200 g/mol. The number of unbranched alkanes of at least 4 members (excludes halogenated alkanes) is 1. The predicted molar refractivity (Wildman–Crippen MR) is 48.9 cm³/mol. The fraction of sp³-hybridized carbons (Fsp3) is 0.900. The molecule has 2 rings (SSSR count). The molecule has 0 N–H and O–H groups in total. The van der Waals surface area contributed by atoms with Crippen LogP contribution < -0.4 is 0 Å². The molecule has 2 heterocycles. The Kier molecular flexibility index (Phi) is 3.37. The number of carbonyl (C=O) groups excluding carboxylic acids is 1. The molecule has 2 aliphatic rings. The molecule has 2 fully saturated rings. The smallest absolute Gasteiger partial charge is 0.305 e. The number of hydrogen-bond acceptors (Lipinski definition) is 4. The number of carbonyl (C=O) groups is 1. The van der Waals surface area contributed by atoms with Crippen LogP contribution in [0.15, 0.2) is 0 Å². The van der Waals surface area contributed by atoms with Crippen molar-refractivity contribution in [1.29, 1.82) is 0 Å². The van der Waals surface area contributed by atoms with Gasteiger partial charge < -0.3 is 14.2 Å². The summed E-state index contributed by atoms with van der Waals surface area (Å²) in [6, 6.07) is 0. The van der Waals surface area contributed by atoms with Gasteiger partial charge in [-0.1, -0.05) is 6.42 Å². The van der Waals surface area contributed by atoms with Crippen LogP contribution in [-0.4, -0.2) is 38.0 Å². The Balaban J connectivity index is 1.40. The standard InChI is InChI=1S/C10H16O4/c11-10(14-7-9-6-13-9)4-2-1-3-8-5-12-8/h8-9H,1-7H2. The third-order valence-corrected chi connectivity index (χ3v) is 2.39. The van der Waals surface area contributed by atoms with Crippen molar-refractivity contribution < 1.29 is 19.0 Å². The minimum absolute atomic E-state index is 0.0998. The van der Waals surface area contributed by atoms with E-state index in [1.54, 1.807) is 0 Å². The van der Waals surface area contributed by atoms with Crippen LogP contribution in [0.3, 0.4) is 0 Å². The van der Waals surface area contributed by atoms with Crippen LogP contribution >= 0.6 is 0 Å². The second-order valence-electron chi connectivity index (χ2n) is 3.84. The van der Waals surface area contributed by atoms with E-state index < -0.39 is 0 Å². The van der Waals surface area contributed by atoms with Gasteiger partial charge in [-0.05, 0) is 12.8 Å². The molecule has 0 bridgehead atoms. The van der Waals surface area contributed by atoms with E-state index in [0.29, 0.717) is 19.1 Å². The van der Waals surface area contributed by atoms with E-state index in [2.05, 4.69) is 0 Å².